The summed E-state index contributed by atoms with van der Waals surface area (Å²) in [7, 11) is 0. The smallest absolute Gasteiger partial charge is 0.253 e. The molecular weight excluding hydrogens is 284 g/mol. The normalized spacial score (nSPS) is 15.7. The Bertz CT molecular complexity index is 659. The molecular formula is C14H16N6O2. The van der Waals surface area contributed by atoms with Gasteiger partial charge in [0.15, 0.2) is 0 Å². The van der Waals surface area contributed by atoms with Crippen LogP contribution in [0.5, 0.6) is 0 Å². The molecule has 8 nitrogen and oxygen atoms in total. The number of nitrogens with zero attached hydrogens (tertiary/aromatic N) is 5. The number of benzene rings is 1. The van der Waals surface area contributed by atoms with Crippen LogP contribution in [0.4, 0.5) is 0 Å². The molecule has 8 heteroatoms. The monoisotopic (exact) mass is 300 g/mol. The predicted molar refractivity (Wildman–Crippen MR) is 77.0 cm³/mol. The molecule has 114 valence electrons. The van der Waals surface area contributed by atoms with Crippen molar-refractivity contribution in [3.63, 3.8) is 0 Å². The van der Waals surface area contributed by atoms with Crippen molar-refractivity contribution in [1.82, 2.24) is 25.1 Å². The zero-order valence-electron chi connectivity index (χ0n) is 11.9. The predicted octanol–water partition coefficient (Wildman–Crippen LogP) is -0.000200. The lowest BCUT2D eigenvalue weighted by Gasteiger charge is -2.30. The van der Waals surface area contributed by atoms with Gasteiger partial charge in [0.25, 0.3) is 5.91 Å². The van der Waals surface area contributed by atoms with Gasteiger partial charge in [-0.3, -0.25) is 9.59 Å². The Morgan fingerprint density at radius 2 is 1.82 bits per heavy atom. The second-order valence-electron chi connectivity index (χ2n) is 5.27. The SMILES string of the molecule is NC(=O)C1CCN(C(=O)c2ccc(-n3cnnn3)cc2)CC1. The van der Waals surface area contributed by atoms with E-state index in [-0.39, 0.29) is 17.7 Å². The molecule has 2 aromatic rings. The van der Waals surface area contributed by atoms with Crippen molar-refractivity contribution in [3.05, 3.63) is 36.2 Å². The lowest BCUT2D eigenvalue weighted by atomic mass is 9.96. The van der Waals surface area contributed by atoms with Crippen molar-refractivity contribution in [2.24, 2.45) is 11.7 Å². The van der Waals surface area contributed by atoms with Gasteiger partial charge in [-0.2, -0.15) is 0 Å². The van der Waals surface area contributed by atoms with Crippen molar-refractivity contribution in [3.8, 4) is 5.69 Å². The molecule has 1 aliphatic rings. The third-order valence-electron chi connectivity index (χ3n) is 3.91. The van der Waals surface area contributed by atoms with E-state index in [4.69, 9.17) is 5.73 Å². The second kappa shape index (κ2) is 5.92. The second-order valence-corrected chi connectivity index (χ2v) is 5.27. The van der Waals surface area contributed by atoms with Gasteiger partial charge >= 0.3 is 0 Å². The molecule has 1 fully saturated rings. The van der Waals surface area contributed by atoms with E-state index in [0.29, 0.717) is 31.5 Å². The number of tetrazole rings is 1. The van der Waals surface area contributed by atoms with Gasteiger partial charge in [0, 0.05) is 24.6 Å². The molecule has 3 rings (SSSR count). The Labute approximate surface area is 126 Å². The van der Waals surface area contributed by atoms with E-state index in [1.54, 1.807) is 29.2 Å². The number of aromatic nitrogens is 4. The van der Waals surface area contributed by atoms with Crippen LogP contribution >= 0.6 is 0 Å². The van der Waals surface area contributed by atoms with Gasteiger partial charge in [-0.25, -0.2) is 4.68 Å². The number of carbonyl (C=O) groups is 2. The number of carbonyl (C=O) groups excluding carboxylic acids is 2. The maximum Gasteiger partial charge on any atom is 0.253 e. The van der Waals surface area contributed by atoms with Gasteiger partial charge in [-0.15, -0.1) is 5.10 Å². The highest BCUT2D eigenvalue weighted by atomic mass is 16.2. The summed E-state index contributed by atoms with van der Waals surface area (Å²) in [5.74, 6) is -0.435. The third kappa shape index (κ3) is 2.80. The Morgan fingerprint density at radius 3 is 2.36 bits per heavy atom. The van der Waals surface area contributed by atoms with Crippen LogP contribution in [0.3, 0.4) is 0 Å². The molecule has 1 saturated heterocycles. The summed E-state index contributed by atoms with van der Waals surface area (Å²) in [6.45, 7) is 1.11. The highest BCUT2D eigenvalue weighted by Crippen LogP contribution is 2.19. The molecule has 22 heavy (non-hydrogen) atoms. The van der Waals surface area contributed by atoms with Gasteiger partial charge < -0.3 is 10.6 Å². The van der Waals surface area contributed by atoms with Gasteiger partial charge in [-0.1, -0.05) is 0 Å². The van der Waals surface area contributed by atoms with Crippen LogP contribution in [0.1, 0.15) is 23.2 Å². The minimum absolute atomic E-state index is 0.0359. The van der Waals surface area contributed by atoms with Crippen molar-refractivity contribution in [2.75, 3.05) is 13.1 Å². The summed E-state index contributed by atoms with van der Waals surface area (Å²) in [6.07, 6.45) is 2.75. The average molecular weight is 300 g/mol. The highest BCUT2D eigenvalue weighted by molar-refractivity contribution is 5.94. The lowest BCUT2D eigenvalue weighted by Crippen LogP contribution is -2.41. The summed E-state index contributed by atoms with van der Waals surface area (Å²) in [5, 5.41) is 10.9. The fourth-order valence-corrected chi connectivity index (χ4v) is 2.59. The van der Waals surface area contributed by atoms with Gasteiger partial charge in [0.2, 0.25) is 5.91 Å². The summed E-state index contributed by atoms with van der Waals surface area (Å²) >= 11 is 0. The first-order valence-corrected chi connectivity index (χ1v) is 7.07. The number of likely N-dealkylation sites (tertiary alicyclic amines) is 1. The molecule has 0 bridgehead atoms. The summed E-state index contributed by atoms with van der Waals surface area (Å²) in [5.41, 5.74) is 6.69. The zero-order chi connectivity index (χ0) is 15.5. The molecule has 0 radical (unpaired) electrons. The largest absolute Gasteiger partial charge is 0.369 e. The van der Waals surface area contributed by atoms with Crippen LogP contribution in [0.15, 0.2) is 30.6 Å². The van der Waals surface area contributed by atoms with Crippen LogP contribution < -0.4 is 5.73 Å². The van der Waals surface area contributed by atoms with Crippen LogP contribution in [0.25, 0.3) is 5.69 Å². The minimum Gasteiger partial charge on any atom is -0.369 e. The van der Waals surface area contributed by atoms with Gasteiger partial charge in [-0.05, 0) is 47.5 Å². The topological polar surface area (TPSA) is 107 Å². The van der Waals surface area contributed by atoms with Crippen LogP contribution in [-0.2, 0) is 4.79 Å². The quantitative estimate of drug-likeness (QED) is 0.858. The molecule has 2 amide bonds. The molecule has 2 N–H and O–H groups in total. The fourth-order valence-electron chi connectivity index (χ4n) is 2.59. The average Bonchev–Trinajstić information content (AvgIpc) is 3.09. The molecule has 0 spiro atoms. The summed E-state index contributed by atoms with van der Waals surface area (Å²) in [6, 6.07) is 7.08. The standard InChI is InChI=1S/C14H16N6O2/c15-13(21)10-5-7-19(8-6-10)14(22)11-1-3-12(4-2-11)20-9-16-17-18-20/h1-4,9-10H,5-8H2,(H2,15,21). The Morgan fingerprint density at radius 1 is 1.14 bits per heavy atom. The van der Waals surface area contributed by atoms with E-state index in [9.17, 15) is 9.59 Å². The molecule has 0 saturated carbocycles. The Hall–Kier alpha value is -2.77. The van der Waals surface area contributed by atoms with E-state index in [0.717, 1.165) is 5.69 Å². The molecule has 1 aromatic heterocycles. The Balaban J connectivity index is 1.67. The third-order valence-corrected chi connectivity index (χ3v) is 3.91. The summed E-state index contributed by atoms with van der Waals surface area (Å²) in [4.78, 5) is 25.3. The first-order valence-electron chi connectivity index (χ1n) is 7.07. The van der Waals surface area contributed by atoms with Crippen molar-refractivity contribution < 1.29 is 9.59 Å². The number of hydrogen-bond acceptors (Lipinski definition) is 5. The highest BCUT2D eigenvalue weighted by Gasteiger charge is 2.26. The number of primary amides is 1. The van der Waals surface area contributed by atoms with Crippen molar-refractivity contribution in [1.29, 1.82) is 0 Å². The van der Waals surface area contributed by atoms with Crippen LogP contribution in [0.2, 0.25) is 0 Å². The Kier molecular flexibility index (Phi) is 3.82. The van der Waals surface area contributed by atoms with E-state index < -0.39 is 0 Å². The van der Waals surface area contributed by atoms with Gasteiger partial charge in [0.1, 0.15) is 6.33 Å². The van der Waals surface area contributed by atoms with Crippen molar-refractivity contribution in [2.45, 2.75) is 12.8 Å². The molecule has 0 unspecified atom stereocenters. The number of rotatable bonds is 3. The van der Waals surface area contributed by atoms with Crippen LogP contribution in [0, 0.1) is 5.92 Å². The number of hydrogen-bond donors (Lipinski definition) is 1. The lowest BCUT2D eigenvalue weighted by molar-refractivity contribution is -0.123. The minimum atomic E-state index is -0.280. The molecule has 0 aliphatic carbocycles. The number of amides is 2. The molecule has 0 atom stereocenters. The van der Waals surface area contributed by atoms with E-state index in [1.807, 2.05) is 0 Å². The fraction of sp³-hybridized carbons (Fsp3) is 0.357. The first-order chi connectivity index (χ1) is 10.6. The molecule has 2 heterocycles. The molecule has 1 aliphatic heterocycles. The van der Waals surface area contributed by atoms with Crippen molar-refractivity contribution >= 4 is 11.8 Å². The molecule has 1 aromatic carbocycles. The van der Waals surface area contributed by atoms with E-state index >= 15 is 0 Å². The van der Waals surface area contributed by atoms with Gasteiger partial charge in [0.05, 0.1) is 5.69 Å². The number of piperidine rings is 1. The van der Waals surface area contributed by atoms with E-state index in [1.165, 1.54) is 11.0 Å². The first kappa shape index (κ1) is 14.2. The van der Waals surface area contributed by atoms with Crippen LogP contribution in [-0.4, -0.2) is 50.0 Å². The summed E-state index contributed by atoms with van der Waals surface area (Å²) < 4.78 is 1.52. The van der Waals surface area contributed by atoms with E-state index in [2.05, 4.69) is 15.5 Å². The maximum absolute atomic E-state index is 12.4. The maximum atomic E-state index is 12.4. The number of nitrogens with two attached hydrogens (primary N) is 1. The zero-order valence-corrected chi connectivity index (χ0v) is 11.9.